The second-order valence-corrected chi connectivity index (χ2v) is 7.26. The Bertz CT molecular complexity index is 664. The Morgan fingerprint density at radius 3 is 2.35 bits per heavy atom. The SMILES string of the molecule is C[C@@H](Oc1ccc(N2CCC3(CCC(C=O)CC3)C2=O)cc1)C(F)(F)F. The van der Waals surface area contributed by atoms with Crippen LogP contribution in [0.1, 0.15) is 39.0 Å². The predicted octanol–water partition coefficient (Wildman–Crippen LogP) is 4.13. The highest BCUT2D eigenvalue weighted by molar-refractivity contribution is 6.00. The number of hydrogen-bond acceptors (Lipinski definition) is 3. The maximum atomic E-state index is 12.9. The molecule has 1 saturated carbocycles. The number of carbonyl (C=O) groups excluding carboxylic acids is 2. The number of benzene rings is 1. The molecule has 3 rings (SSSR count). The van der Waals surface area contributed by atoms with Gasteiger partial charge in [-0.05, 0) is 63.3 Å². The summed E-state index contributed by atoms with van der Waals surface area (Å²) in [5, 5.41) is 0. The zero-order chi connectivity index (χ0) is 18.9. The highest BCUT2D eigenvalue weighted by Gasteiger charge is 2.48. The maximum absolute atomic E-state index is 12.9. The molecule has 1 aliphatic carbocycles. The summed E-state index contributed by atoms with van der Waals surface area (Å²) in [6.45, 7) is 1.54. The lowest BCUT2D eigenvalue weighted by Gasteiger charge is -2.34. The molecule has 1 spiro atoms. The van der Waals surface area contributed by atoms with Crippen molar-refractivity contribution in [3.8, 4) is 5.75 Å². The van der Waals surface area contributed by atoms with Gasteiger partial charge in [0, 0.05) is 18.2 Å². The van der Waals surface area contributed by atoms with Crippen LogP contribution < -0.4 is 9.64 Å². The van der Waals surface area contributed by atoms with Crippen LogP contribution in [0.3, 0.4) is 0 Å². The second kappa shape index (κ2) is 6.93. The van der Waals surface area contributed by atoms with Crippen LogP contribution in [-0.2, 0) is 9.59 Å². The van der Waals surface area contributed by atoms with E-state index in [0.717, 1.165) is 45.3 Å². The predicted molar refractivity (Wildman–Crippen MR) is 90.0 cm³/mol. The smallest absolute Gasteiger partial charge is 0.425 e. The number of ether oxygens (including phenoxy) is 1. The molecule has 0 N–H and O–H groups in total. The lowest BCUT2D eigenvalue weighted by molar-refractivity contribution is -0.189. The van der Waals surface area contributed by atoms with Gasteiger partial charge in [-0.2, -0.15) is 13.2 Å². The Morgan fingerprint density at radius 2 is 1.81 bits per heavy atom. The molecule has 1 aromatic carbocycles. The van der Waals surface area contributed by atoms with Crippen molar-refractivity contribution in [3.63, 3.8) is 0 Å². The maximum Gasteiger partial charge on any atom is 0.425 e. The number of aldehydes is 1. The molecule has 2 aliphatic rings. The third-order valence-electron chi connectivity index (χ3n) is 5.61. The van der Waals surface area contributed by atoms with E-state index in [1.807, 2.05) is 0 Å². The first-order valence-electron chi connectivity index (χ1n) is 8.86. The number of amides is 1. The molecule has 0 aromatic heterocycles. The minimum atomic E-state index is -4.42. The highest BCUT2D eigenvalue weighted by Crippen LogP contribution is 2.47. The van der Waals surface area contributed by atoms with Gasteiger partial charge in [-0.25, -0.2) is 0 Å². The number of anilines is 1. The fourth-order valence-electron chi connectivity index (χ4n) is 3.84. The van der Waals surface area contributed by atoms with Gasteiger partial charge in [0.1, 0.15) is 12.0 Å². The van der Waals surface area contributed by atoms with Gasteiger partial charge in [0.05, 0.1) is 5.41 Å². The molecule has 26 heavy (non-hydrogen) atoms. The van der Waals surface area contributed by atoms with Crippen molar-refractivity contribution in [2.75, 3.05) is 11.4 Å². The van der Waals surface area contributed by atoms with E-state index in [9.17, 15) is 22.8 Å². The van der Waals surface area contributed by atoms with E-state index in [0.29, 0.717) is 12.2 Å². The normalized spacial score (nSPS) is 27.6. The fourth-order valence-corrected chi connectivity index (χ4v) is 3.84. The second-order valence-electron chi connectivity index (χ2n) is 7.26. The van der Waals surface area contributed by atoms with Gasteiger partial charge in [-0.1, -0.05) is 0 Å². The van der Waals surface area contributed by atoms with Crippen molar-refractivity contribution in [2.24, 2.45) is 11.3 Å². The summed E-state index contributed by atoms with van der Waals surface area (Å²) in [5.41, 5.74) is 0.274. The number of nitrogens with zero attached hydrogens (tertiary/aromatic N) is 1. The van der Waals surface area contributed by atoms with Crippen molar-refractivity contribution in [3.05, 3.63) is 24.3 Å². The van der Waals surface area contributed by atoms with Gasteiger partial charge in [-0.3, -0.25) is 4.79 Å². The van der Waals surface area contributed by atoms with Crippen LogP contribution in [-0.4, -0.2) is 31.0 Å². The summed E-state index contributed by atoms with van der Waals surface area (Å²) in [6, 6.07) is 6.15. The van der Waals surface area contributed by atoms with E-state index in [1.165, 1.54) is 12.1 Å². The molecule has 142 valence electrons. The van der Waals surface area contributed by atoms with E-state index in [4.69, 9.17) is 4.74 Å². The molecule has 0 unspecified atom stereocenters. The van der Waals surface area contributed by atoms with Crippen molar-refractivity contribution < 1.29 is 27.5 Å². The van der Waals surface area contributed by atoms with Crippen LogP contribution in [0, 0.1) is 11.3 Å². The first-order valence-corrected chi connectivity index (χ1v) is 8.86. The molecule has 7 heteroatoms. The Labute approximate surface area is 150 Å². The summed E-state index contributed by atoms with van der Waals surface area (Å²) < 4.78 is 42.6. The van der Waals surface area contributed by atoms with Crippen molar-refractivity contribution in [1.82, 2.24) is 0 Å². The first-order chi connectivity index (χ1) is 12.2. The first kappa shape index (κ1) is 18.7. The summed E-state index contributed by atoms with van der Waals surface area (Å²) in [5.74, 6) is 0.222. The van der Waals surface area contributed by atoms with Gasteiger partial charge in [0.15, 0.2) is 6.10 Å². The van der Waals surface area contributed by atoms with Crippen LogP contribution in [0.25, 0.3) is 0 Å². The Morgan fingerprint density at radius 1 is 1.19 bits per heavy atom. The monoisotopic (exact) mass is 369 g/mol. The topological polar surface area (TPSA) is 46.6 Å². The Hall–Kier alpha value is -2.05. The zero-order valence-corrected chi connectivity index (χ0v) is 14.6. The Kier molecular flexibility index (Phi) is 4.99. The summed E-state index contributed by atoms with van der Waals surface area (Å²) >= 11 is 0. The molecule has 1 atom stereocenters. The van der Waals surface area contributed by atoms with Crippen molar-refractivity contribution in [1.29, 1.82) is 0 Å². The van der Waals surface area contributed by atoms with Crippen molar-refractivity contribution >= 4 is 17.9 Å². The van der Waals surface area contributed by atoms with Crippen molar-refractivity contribution in [2.45, 2.75) is 51.3 Å². The quantitative estimate of drug-likeness (QED) is 0.750. The lowest BCUT2D eigenvalue weighted by Crippen LogP contribution is -2.37. The van der Waals surface area contributed by atoms with E-state index in [1.54, 1.807) is 17.0 Å². The average Bonchev–Trinajstić information content (AvgIpc) is 2.92. The largest absolute Gasteiger partial charge is 0.481 e. The summed E-state index contributed by atoms with van der Waals surface area (Å²) in [4.78, 5) is 25.5. The Balaban J connectivity index is 1.67. The molecule has 1 aromatic rings. The summed E-state index contributed by atoms with van der Waals surface area (Å²) in [6.07, 6.45) is -1.66. The third-order valence-corrected chi connectivity index (χ3v) is 5.61. The molecule has 0 radical (unpaired) electrons. The van der Waals surface area contributed by atoms with Crippen LogP contribution in [0.2, 0.25) is 0 Å². The lowest BCUT2D eigenvalue weighted by atomic mass is 9.70. The molecule has 1 heterocycles. The van der Waals surface area contributed by atoms with Gasteiger partial charge in [-0.15, -0.1) is 0 Å². The molecule has 2 fully saturated rings. The molecular weight excluding hydrogens is 347 g/mol. The van der Waals surface area contributed by atoms with Gasteiger partial charge < -0.3 is 14.4 Å². The van der Waals surface area contributed by atoms with Gasteiger partial charge in [0.2, 0.25) is 5.91 Å². The van der Waals surface area contributed by atoms with Crippen LogP contribution >= 0.6 is 0 Å². The molecule has 4 nitrogen and oxygen atoms in total. The molecule has 1 saturated heterocycles. The minimum Gasteiger partial charge on any atom is -0.481 e. The van der Waals surface area contributed by atoms with E-state index >= 15 is 0 Å². The highest BCUT2D eigenvalue weighted by atomic mass is 19.4. The van der Waals surface area contributed by atoms with E-state index in [-0.39, 0.29) is 23.0 Å². The molecule has 1 aliphatic heterocycles. The van der Waals surface area contributed by atoms with Crippen LogP contribution in [0.15, 0.2) is 24.3 Å². The number of halogens is 3. The number of carbonyl (C=O) groups is 2. The van der Waals surface area contributed by atoms with E-state index < -0.39 is 12.3 Å². The van der Waals surface area contributed by atoms with Crippen LogP contribution in [0.5, 0.6) is 5.75 Å². The molecule has 0 bridgehead atoms. The molecule has 1 amide bonds. The number of rotatable bonds is 4. The number of alkyl halides is 3. The van der Waals surface area contributed by atoms with Gasteiger partial charge >= 0.3 is 6.18 Å². The molecular formula is C19H22F3NO3. The average molecular weight is 369 g/mol. The van der Waals surface area contributed by atoms with Gasteiger partial charge in [0.25, 0.3) is 0 Å². The third kappa shape index (κ3) is 3.57. The van der Waals surface area contributed by atoms with E-state index in [2.05, 4.69) is 0 Å². The summed E-state index contributed by atoms with van der Waals surface area (Å²) in [7, 11) is 0. The fraction of sp³-hybridized carbons (Fsp3) is 0.579. The van der Waals surface area contributed by atoms with Crippen LogP contribution in [0.4, 0.5) is 18.9 Å². The zero-order valence-electron chi connectivity index (χ0n) is 14.6. The number of hydrogen-bond donors (Lipinski definition) is 0. The minimum absolute atomic E-state index is 0.0505. The standard InChI is InChI=1S/C19H22F3NO3/c1-13(19(20,21)22)26-16-4-2-15(3-5-16)23-11-10-18(17(23)25)8-6-14(12-24)7-9-18/h2-5,12-14H,6-11H2,1H3/t13-,14?,18?/m1/s1.